The van der Waals surface area contributed by atoms with Crippen LogP contribution in [0.4, 0.5) is 17.1 Å². The summed E-state index contributed by atoms with van der Waals surface area (Å²) in [5.41, 5.74) is 3.31. The third-order valence-electron chi connectivity index (χ3n) is 3.56. The highest BCUT2D eigenvalue weighted by atomic mass is 16.5. The van der Waals surface area contributed by atoms with E-state index in [-0.39, 0.29) is 5.91 Å². The zero-order chi connectivity index (χ0) is 16.8. The number of amides is 1. The lowest BCUT2D eigenvalue weighted by atomic mass is 10.2. The van der Waals surface area contributed by atoms with Crippen molar-refractivity contribution in [1.82, 2.24) is 0 Å². The van der Waals surface area contributed by atoms with Gasteiger partial charge < -0.3 is 15.4 Å². The molecule has 0 bridgehead atoms. The summed E-state index contributed by atoms with van der Waals surface area (Å²) in [5, 5.41) is 6.18. The van der Waals surface area contributed by atoms with Crippen molar-refractivity contribution in [1.29, 1.82) is 0 Å². The molecule has 0 radical (unpaired) electrons. The number of anilines is 3. The summed E-state index contributed by atoms with van der Waals surface area (Å²) in [5.74, 6) is 0.573. The molecular formula is C20H18N2O2. The zero-order valence-corrected chi connectivity index (χ0v) is 13.3. The lowest BCUT2D eigenvalue weighted by molar-refractivity contribution is 0.102. The number of hydrogen-bond donors (Lipinski definition) is 2. The number of carbonyl (C=O) groups excluding carboxylic acids is 1. The minimum Gasteiger partial charge on any atom is -0.497 e. The van der Waals surface area contributed by atoms with E-state index in [1.165, 1.54) is 0 Å². The lowest BCUT2D eigenvalue weighted by Crippen LogP contribution is -2.11. The summed E-state index contributed by atoms with van der Waals surface area (Å²) in [6, 6.07) is 24.5. The molecule has 24 heavy (non-hydrogen) atoms. The van der Waals surface area contributed by atoms with Crippen LogP contribution >= 0.6 is 0 Å². The van der Waals surface area contributed by atoms with Gasteiger partial charge in [0, 0.05) is 22.6 Å². The molecule has 0 atom stereocenters. The van der Waals surface area contributed by atoms with Crippen molar-refractivity contribution in [3.8, 4) is 5.75 Å². The molecule has 3 aromatic rings. The van der Waals surface area contributed by atoms with Gasteiger partial charge in [0.05, 0.1) is 7.11 Å². The van der Waals surface area contributed by atoms with Crippen LogP contribution in [0.25, 0.3) is 0 Å². The van der Waals surface area contributed by atoms with Gasteiger partial charge in [-0.3, -0.25) is 4.79 Å². The highest BCUT2D eigenvalue weighted by molar-refractivity contribution is 6.04. The van der Waals surface area contributed by atoms with Crippen molar-refractivity contribution in [2.24, 2.45) is 0 Å². The maximum Gasteiger partial charge on any atom is 0.255 e. The second-order valence-corrected chi connectivity index (χ2v) is 5.25. The van der Waals surface area contributed by atoms with Gasteiger partial charge >= 0.3 is 0 Å². The first-order chi connectivity index (χ1) is 11.7. The van der Waals surface area contributed by atoms with E-state index in [0.29, 0.717) is 5.56 Å². The Morgan fingerprint density at radius 3 is 1.96 bits per heavy atom. The highest BCUT2D eigenvalue weighted by Gasteiger charge is 2.06. The van der Waals surface area contributed by atoms with Crippen LogP contribution < -0.4 is 15.4 Å². The third-order valence-corrected chi connectivity index (χ3v) is 3.56. The van der Waals surface area contributed by atoms with E-state index in [4.69, 9.17) is 4.74 Å². The molecule has 0 unspecified atom stereocenters. The van der Waals surface area contributed by atoms with Gasteiger partial charge in [-0.15, -0.1) is 0 Å². The molecule has 0 saturated heterocycles. The molecule has 0 aliphatic carbocycles. The summed E-state index contributed by atoms with van der Waals surface area (Å²) < 4.78 is 5.09. The molecule has 1 amide bonds. The molecule has 3 rings (SSSR count). The Bertz CT molecular complexity index is 797. The fourth-order valence-electron chi connectivity index (χ4n) is 2.27. The Labute approximate surface area is 141 Å². The van der Waals surface area contributed by atoms with E-state index in [2.05, 4.69) is 10.6 Å². The number of ether oxygens (including phenoxy) is 1. The zero-order valence-electron chi connectivity index (χ0n) is 13.3. The van der Waals surface area contributed by atoms with Gasteiger partial charge in [0.2, 0.25) is 0 Å². The Hall–Kier alpha value is -3.27. The monoisotopic (exact) mass is 318 g/mol. The molecule has 2 N–H and O–H groups in total. The number of benzene rings is 3. The summed E-state index contributed by atoms with van der Waals surface area (Å²) in [6.45, 7) is 0. The van der Waals surface area contributed by atoms with Crippen LogP contribution in [0, 0.1) is 0 Å². The minimum absolute atomic E-state index is 0.151. The van der Waals surface area contributed by atoms with Crippen LogP contribution in [-0.4, -0.2) is 13.0 Å². The Balaban J connectivity index is 1.64. The third kappa shape index (κ3) is 3.93. The topological polar surface area (TPSA) is 50.4 Å². The lowest BCUT2D eigenvalue weighted by Gasteiger charge is -2.09. The van der Waals surface area contributed by atoms with E-state index in [0.717, 1.165) is 22.8 Å². The molecule has 0 fully saturated rings. The molecule has 0 aromatic heterocycles. The fraction of sp³-hybridized carbons (Fsp3) is 0.0500. The standard InChI is InChI=1S/C20H18N2O2/c1-24-19-13-7-15(8-14-19)20(23)22-18-11-9-17(10-12-18)21-16-5-3-2-4-6-16/h2-14,21H,1H3,(H,22,23). The van der Waals surface area contributed by atoms with Crippen molar-refractivity contribution in [3.05, 3.63) is 84.4 Å². The van der Waals surface area contributed by atoms with Crippen molar-refractivity contribution in [3.63, 3.8) is 0 Å². The van der Waals surface area contributed by atoms with Crippen molar-refractivity contribution >= 4 is 23.0 Å². The van der Waals surface area contributed by atoms with Gasteiger partial charge in [-0.1, -0.05) is 18.2 Å². The van der Waals surface area contributed by atoms with Gasteiger partial charge in [0.15, 0.2) is 0 Å². The van der Waals surface area contributed by atoms with Crippen molar-refractivity contribution in [2.75, 3.05) is 17.7 Å². The van der Waals surface area contributed by atoms with E-state index in [1.807, 2.05) is 54.6 Å². The normalized spacial score (nSPS) is 10.0. The van der Waals surface area contributed by atoms with Crippen LogP contribution in [0.2, 0.25) is 0 Å². The van der Waals surface area contributed by atoms with E-state index in [9.17, 15) is 4.79 Å². The number of para-hydroxylation sites is 1. The SMILES string of the molecule is COc1ccc(C(=O)Nc2ccc(Nc3ccccc3)cc2)cc1. The van der Waals surface area contributed by atoms with Crippen LogP contribution in [0.15, 0.2) is 78.9 Å². The average Bonchev–Trinajstić information content (AvgIpc) is 2.64. The molecule has 4 heteroatoms. The first-order valence-electron chi connectivity index (χ1n) is 7.62. The summed E-state index contributed by atoms with van der Waals surface area (Å²) in [7, 11) is 1.60. The number of methoxy groups -OCH3 is 1. The fourth-order valence-corrected chi connectivity index (χ4v) is 2.27. The van der Waals surface area contributed by atoms with Gasteiger partial charge in [0.1, 0.15) is 5.75 Å². The Kier molecular flexibility index (Phi) is 4.77. The predicted molar refractivity (Wildman–Crippen MR) is 97.1 cm³/mol. The summed E-state index contributed by atoms with van der Waals surface area (Å²) in [6.07, 6.45) is 0. The smallest absolute Gasteiger partial charge is 0.255 e. The molecule has 0 aliphatic heterocycles. The van der Waals surface area contributed by atoms with Gasteiger partial charge in [-0.05, 0) is 60.7 Å². The second kappa shape index (κ2) is 7.33. The number of nitrogens with one attached hydrogen (secondary N) is 2. The Morgan fingerprint density at radius 1 is 0.750 bits per heavy atom. The highest BCUT2D eigenvalue weighted by Crippen LogP contribution is 2.19. The van der Waals surface area contributed by atoms with Crippen molar-refractivity contribution in [2.45, 2.75) is 0 Å². The van der Waals surface area contributed by atoms with E-state index >= 15 is 0 Å². The molecule has 0 heterocycles. The quantitative estimate of drug-likeness (QED) is 0.717. The molecular weight excluding hydrogens is 300 g/mol. The van der Waals surface area contributed by atoms with Crippen molar-refractivity contribution < 1.29 is 9.53 Å². The Morgan fingerprint density at radius 2 is 1.33 bits per heavy atom. The van der Waals surface area contributed by atoms with E-state index < -0.39 is 0 Å². The average molecular weight is 318 g/mol. The van der Waals surface area contributed by atoms with Crippen LogP contribution in [0.1, 0.15) is 10.4 Å². The molecule has 0 saturated carbocycles. The largest absolute Gasteiger partial charge is 0.497 e. The number of rotatable bonds is 5. The van der Waals surface area contributed by atoms with Crippen LogP contribution in [0.5, 0.6) is 5.75 Å². The number of hydrogen-bond acceptors (Lipinski definition) is 3. The molecule has 120 valence electrons. The number of carbonyl (C=O) groups is 1. The predicted octanol–water partition coefficient (Wildman–Crippen LogP) is 4.69. The molecule has 0 aliphatic rings. The second-order valence-electron chi connectivity index (χ2n) is 5.25. The van der Waals surface area contributed by atoms with Gasteiger partial charge in [-0.2, -0.15) is 0 Å². The van der Waals surface area contributed by atoms with Crippen LogP contribution in [-0.2, 0) is 0 Å². The maximum absolute atomic E-state index is 12.2. The molecule has 0 spiro atoms. The van der Waals surface area contributed by atoms with Gasteiger partial charge in [-0.25, -0.2) is 0 Å². The first-order valence-corrected chi connectivity index (χ1v) is 7.62. The van der Waals surface area contributed by atoms with Crippen LogP contribution in [0.3, 0.4) is 0 Å². The first kappa shape index (κ1) is 15.6. The molecule has 4 nitrogen and oxygen atoms in total. The van der Waals surface area contributed by atoms with Gasteiger partial charge in [0.25, 0.3) is 5.91 Å². The maximum atomic E-state index is 12.2. The van der Waals surface area contributed by atoms with E-state index in [1.54, 1.807) is 31.4 Å². The molecule has 3 aromatic carbocycles. The minimum atomic E-state index is -0.151. The summed E-state index contributed by atoms with van der Waals surface area (Å²) >= 11 is 0. The summed E-state index contributed by atoms with van der Waals surface area (Å²) in [4.78, 5) is 12.2.